The average molecular weight is 972 g/mol. The van der Waals surface area contributed by atoms with Crippen LogP contribution in [0.2, 0.25) is 0 Å². The van der Waals surface area contributed by atoms with Gasteiger partial charge in [0, 0.05) is 49.6 Å². The van der Waals surface area contributed by atoms with Crippen molar-refractivity contribution in [3.8, 4) is 5.75 Å². The number of carbonyl (C=O) groups is 7. The predicted molar refractivity (Wildman–Crippen MR) is 275 cm³/mol. The average Bonchev–Trinajstić information content (AvgIpc) is 3.34. The molecule has 0 saturated heterocycles. The summed E-state index contributed by atoms with van der Waals surface area (Å²) in [5.74, 6) is -4.50. The lowest BCUT2D eigenvalue weighted by Gasteiger charge is -2.37. The van der Waals surface area contributed by atoms with E-state index in [1.807, 2.05) is 104 Å². The molecule has 2 amide bonds. The lowest BCUT2D eigenvalue weighted by Crippen LogP contribution is -2.47. The van der Waals surface area contributed by atoms with Gasteiger partial charge in [-0.05, 0) is 130 Å². The summed E-state index contributed by atoms with van der Waals surface area (Å²) in [7, 11) is 0. The van der Waals surface area contributed by atoms with Gasteiger partial charge in [-0.15, -0.1) is 0 Å². The number of nitrogens with zero attached hydrogens (tertiary/aromatic N) is 2. The van der Waals surface area contributed by atoms with Gasteiger partial charge >= 0.3 is 11.9 Å². The van der Waals surface area contributed by atoms with Crippen LogP contribution in [0.15, 0.2) is 48.5 Å². The van der Waals surface area contributed by atoms with E-state index in [0.717, 1.165) is 43.4 Å². The van der Waals surface area contributed by atoms with E-state index in [1.54, 1.807) is 46.4 Å². The van der Waals surface area contributed by atoms with E-state index in [0.29, 0.717) is 24.4 Å². The molecule has 0 radical (unpaired) electrons. The Bertz CT molecular complexity index is 2130. The molecule has 1 heterocycles. The number of benzene rings is 2. The maximum absolute atomic E-state index is 14.7. The highest BCUT2D eigenvalue weighted by Crippen LogP contribution is 2.40. The first-order valence-corrected chi connectivity index (χ1v) is 25.7. The fraction of sp³-hybridized carbons (Fsp3) is 0.667. The molecule has 2 aromatic carbocycles. The molecule has 1 aliphatic heterocycles. The Labute approximate surface area is 418 Å². The zero-order valence-electron chi connectivity index (χ0n) is 45.0. The fourth-order valence-corrected chi connectivity index (χ4v) is 9.16. The van der Waals surface area contributed by atoms with Crippen molar-refractivity contribution in [3.63, 3.8) is 0 Å². The van der Waals surface area contributed by atoms with Gasteiger partial charge in [0.15, 0.2) is 5.78 Å². The maximum Gasteiger partial charge on any atom is 0.329 e. The van der Waals surface area contributed by atoms with Gasteiger partial charge in [-0.2, -0.15) is 0 Å². The highest BCUT2D eigenvalue weighted by atomic mass is 16.6. The summed E-state index contributed by atoms with van der Waals surface area (Å²) in [6.07, 6.45) is 5.04. The van der Waals surface area contributed by atoms with Crippen molar-refractivity contribution in [1.29, 1.82) is 0 Å². The SMILES string of the molecule is CC(C)C[C@H](CC(=O)C[C@@H]1CN(C2CCCCC2)c2ccccc2N(CC(=O)C(C)(C)C)C1=O)C(=O)N[C@H](CCC(=O)C[C@@H](Cc1ccc(OC(C)(C)C)cc1)C(=O)OC(C)(C)C)C(=O)OC(C)(C)C. The lowest BCUT2D eigenvalue weighted by atomic mass is 9.87. The van der Waals surface area contributed by atoms with Crippen LogP contribution in [-0.4, -0.2) is 83.1 Å². The normalized spacial score (nSPS) is 17.5. The largest absolute Gasteiger partial charge is 0.488 e. The molecule has 388 valence electrons. The number of fused-ring (bicyclic) bond motifs is 1. The second-order valence-electron chi connectivity index (χ2n) is 24.2. The van der Waals surface area contributed by atoms with Crippen LogP contribution in [0.1, 0.15) is 173 Å². The zero-order valence-corrected chi connectivity index (χ0v) is 45.0. The Morgan fingerprint density at radius 2 is 1.27 bits per heavy atom. The Morgan fingerprint density at radius 1 is 0.700 bits per heavy atom. The number of rotatable bonds is 21. The third kappa shape index (κ3) is 18.6. The second-order valence-corrected chi connectivity index (χ2v) is 24.2. The molecule has 4 atom stereocenters. The van der Waals surface area contributed by atoms with Crippen LogP contribution in [0, 0.1) is 29.1 Å². The fourth-order valence-electron chi connectivity index (χ4n) is 9.16. The van der Waals surface area contributed by atoms with Crippen LogP contribution in [0.5, 0.6) is 5.75 Å². The number of ketones is 3. The summed E-state index contributed by atoms with van der Waals surface area (Å²) < 4.78 is 17.5. The van der Waals surface area contributed by atoms with E-state index < -0.39 is 63.9 Å². The van der Waals surface area contributed by atoms with Crippen molar-refractivity contribution in [1.82, 2.24) is 5.32 Å². The molecule has 0 spiro atoms. The van der Waals surface area contributed by atoms with Crippen molar-refractivity contribution >= 4 is 52.5 Å². The van der Waals surface area contributed by atoms with Crippen LogP contribution >= 0.6 is 0 Å². The van der Waals surface area contributed by atoms with Crippen molar-refractivity contribution in [2.24, 2.45) is 29.1 Å². The summed E-state index contributed by atoms with van der Waals surface area (Å²) in [5, 5.41) is 2.86. The minimum absolute atomic E-state index is 0.00758. The van der Waals surface area contributed by atoms with E-state index in [2.05, 4.69) is 10.2 Å². The summed E-state index contributed by atoms with van der Waals surface area (Å²) in [4.78, 5) is 102. The molecule has 1 saturated carbocycles. The van der Waals surface area contributed by atoms with Gasteiger partial charge in [-0.25, -0.2) is 4.79 Å². The number of hydrogen-bond donors (Lipinski definition) is 1. The first-order valence-electron chi connectivity index (χ1n) is 25.7. The van der Waals surface area contributed by atoms with Gasteiger partial charge in [-0.3, -0.25) is 28.8 Å². The van der Waals surface area contributed by atoms with E-state index in [1.165, 1.54) is 0 Å². The summed E-state index contributed by atoms with van der Waals surface area (Å²) >= 11 is 0. The molecule has 0 aromatic heterocycles. The maximum atomic E-state index is 14.7. The minimum Gasteiger partial charge on any atom is -0.488 e. The highest BCUT2D eigenvalue weighted by Gasteiger charge is 2.40. The number of ether oxygens (including phenoxy) is 3. The lowest BCUT2D eigenvalue weighted by molar-refractivity contribution is -0.161. The third-order valence-electron chi connectivity index (χ3n) is 12.5. The van der Waals surface area contributed by atoms with Crippen molar-refractivity contribution < 1.29 is 47.8 Å². The Kier molecular flexibility index (Phi) is 20.0. The molecule has 0 unspecified atom stereocenters. The van der Waals surface area contributed by atoms with E-state index in [-0.39, 0.29) is 80.3 Å². The molecule has 2 aliphatic rings. The first-order chi connectivity index (χ1) is 32.4. The molecule has 70 heavy (non-hydrogen) atoms. The number of Topliss-reactive ketones (excluding diaryl/α,β-unsaturated/α-hetero) is 3. The Morgan fingerprint density at radius 3 is 1.83 bits per heavy atom. The minimum atomic E-state index is -1.23. The summed E-state index contributed by atoms with van der Waals surface area (Å²) in [6, 6.07) is 14.0. The van der Waals surface area contributed by atoms with Gasteiger partial charge in [0.05, 0.1) is 29.8 Å². The second kappa shape index (κ2) is 24.4. The first kappa shape index (κ1) is 57.5. The van der Waals surface area contributed by atoms with E-state index in [4.69, 9.17) is 14.2 Å². The quantitative estimate of drug-likeness (QED) is 0.118. The van der Waals surface area contributed by atoms with Crippen LogP contribution < -0.4 is 19.9 Å². The standard InChI is InChI=1S/C57H85N3O10/c1-37(2)30-39(32-44(62)34-41-35-59(42-20-16-15-17-21-42)47-22-18-19-23-48(47)60(51(41)65)36-49(63)54(3,4)5)50(64)58-46(53(67)70-57(12,13)14)29-26-43(61)33-40(52(66)69-56(9,10)11)31-38-24-27-45(28-25-38)68-55(6,7)8/h18-19,22-25,27-28,37,39-42,46H,15-17,20-21,26,29-36H2,1-14H3,(H,58,64)/t39-,40-,41-,46-/m1/s1. The molecule has 1 fully saturated rings. The number of carbonyl (C=O) groups excluding carboxylic acids is 7. The monoisotopic (exact) mass is 972 g/mol. The number of para-hydroxylation sites is 2. The van der Waals surface area contributed by atoms with Crippen LogP contribution in [0.25, 0.3) is 0 Å². The molecule has 0 bridgehead atoms. The van der Waals surface area contributed by atoms with Crippen LogP contribution in [0.4, 0.5) is 11.4 Å². The Hall–Kier alpha value is -5.07. The van der Waals surface area contributed by atoms with Crippen molar-refractivity contribution in [3.05, 3.63) is 54.1 Å². The van der Waals surface area contributed by atoms with Crippen molar-refractivity contribution in [2.45, 2.75) is 203 Å². The highest BCUT2D eigenvalue weighted by molar-refractivity contribution is 6.06. The van der Waals surface area contributed by atoms with Gasteiger partial charge < -0.3 is 29.3 Å². The molecule has 2 aromatic rings. The predicted octanol–water partition coefficient (Wildman–Crippen LogP) is 10.4. The van der Waals surface area contributed by atoms with E-state index >= 15 is 0 Å². The molecule has 4 rings (SSSR count). The molecular formula is C57H85N3O10. The summed E-state index contributed by atoms with van der Waals surface area (Å²) in [5.41, 5.74) is -0.437. The third-order valence-corrected chi connectivity index (χ3v) is 12.5. The Balaban J connectivity index is 1.55. The topological polar surface area (TPSA) is 166 Å². The van der Waals surface area contributed by atoms with Crippen LogP contribution in [-0.2, 0) is 49.5 Å². The smallest absolute Gasteiger partial charge is 0.329 e. The number of esters is 2. The number of anilines is 2. The molecule has 13 nitrogen and oxygen atoms in total. The number of amides is 2. The van der Waals surface area contributed by atoms with E-state index in [9.17, 15) is 33.6 Å². The van der Waals surface area contributed by atoms with Crippen LogP contribution in [0.3, 0.4) is 0 Å². The number of hydrogen-bond acceptors (Lipinski definition) is 11. The molecule has 13 heteroatoms. The molecular weight excluding hydrogens is 887 g/mol. The van der Waals surface area contributed by atoms with Gasteiger partial charge in [0.1, 0.15) is 40.2 Å². The molecule has 1 aliphatic carbocycles. The van der Waals surface area contributed by atoms with Gasteiger partial charge in [-0.1, -0.05) is 78.1 Å². The zero-order chi connectivity index (χ0) is 52.4. The van der Waals surface area contributed by atoms with Gasteiger partial charge in [0.25, 0.3) is 0 Å². The van der Waals surface area contributed by atoms with Crippen molar-refractivity contribution in [2.75, 3.05) is 22.9 Å². The summed E-state index contributed by atoms with van der Waals surface area (Å²) in [6.45, 7) is 25.9. The van der Waals surface area contributed by atoms with Gasteiger partial charge in [0.2, 0.25) is 11.8 Å². The number of nitrogens with one attached hydrogen (secondary N) is 1. The molecule has 1 N–H and O–H groups in total.